The Morgan fingerprint density at radius 2 is 1.60 bits per heavy atom. The van der Waals surface area contributed by atoms with Gasteiger partial charge in [-0.3, -0.25) is 4.79 Å². The fourth-order valence-corrected chi connectivity index (χ4v) is 2.79. The number of hydrogen-bond donors (Lipinski definition) is 1. The molecule has 0 amide bonds. The largest absolute Gasteiger partial charge is 0.308 e. The molecule has 88 valence electrons. The highest BCUT2D eigenvalue weighted by Gasteiger charge is 2.36. The van der Waals surface area contributed by atoms with E-state index in [0.29, 0.717) is 17.6 Å². The van der Waals surface area contributed by atoms with E-state index < -0.39 is 0 Å². The lowest BCUT2D eigenvalue weighted by Gasteiger charge is -2.35. The van der Waals surface area contributed by atoms with E-state index >= 15 is 0 Å². The summed E-state index contributed by atoms with van der Waals surface area (Å²) in [6.45, 7) is 8.50. The molecule has 0 bridgehead atoms. The second-order valence-corrected chi connectivity index (χ2v) is 5.85. The molecule has 2 nitrogen and oxygen atoms in total. The van der Waals surface area contributed by atoms with Gasteiger partial charge in [0.2, 0.25) is 0 Å². The minimum Gasteiger partial charge on any atom is -0.308 e. The van der Waals surface area contributed by atoms with Gasteiger partial charge >= 0.3 is 0 Å². The standard InChI is InChI=1S/C13H25NO/c1-9-6-10(2)8-11(7-9)12(15)13(3,4)14-5/h9-11,14H,6-8H2,1-5H3. The number of Topliss-reactive ketones (excluding diaryl/α,β-unsaturated/α-hetero) is 1. The fraction of sp³-hybridized carbons (Fsp3) is 0.923. The Labute approximate surface area is 93.8 Å². The molecule has 2 unspecified atom stereocenters. The number of nitrogens with one attached hydrogen (secondary N) is 1. The van der Waals surface area contributed by atoms with Crippen molar-refractivity contribution in [3.05, 3.63) is 0 Å². The van der Waals surface area contributed by atoms with Gasteiger partial charge in [-0.2, -0.15) is 0 Å². The lowest BCUT2D eigenvalue weighted by atomic mass is 9.72. The van der Waals surface area contributed by atoms with Crippen LogP contribution in [0.2, 0.25) is 0 Å². The van der Waals surface area contributed by atoms with Gasteiger partial charge in [0.25, 0.3) is 0 Å². The van der Waals surface area contributed by atoms with Gasteiger partial charge in [0, 0.05) is 5.92 Å². The van der Waals surface area contributed by atoms with Gasteiger partial charge in [-0.15, -0.1) is 0 Å². The maximum Gasteiger partial charge on any atom is 0.155 e. The molecule has 1 fully saturated rings. The maximum atomic E-state index is 12.3. The normalized spacial score (nSPS) is 32.7. The summed E-state index contributed by atoms with van der Waals surface area (Å²) in [5.41, 5.74) is -0.360. The van der Waals surface area contributed by atoms with Crippen molar-refractivity contribution in [1.82, 2.24) is 5.32 Å². The molecule has 2 heteroatoms. The first kappa shape index (κ1) is 12.7. The summed E-state index contributed by atoms with van der Waals surface area (Å²) in [6.07, 6.45) is 3.44. The van der Waals surface area contributed by atoms with E-state index in [-0.39, 0.29) is 11.5 Å². The number of ketones is 1. The summed E-state index contributed by atoms with van der Waals surface area (Å²) >= 11 is 0. The van der Waals surface area contributed by atoms with Crippen LogP contribution >= 0.6 is 0 Å². The average Bonchev–Trinajstić information content (AvgIpc) is 2.15. The summed E-state index contributed by atoms with van der Waals surface area (Å²) in [6, 6.07) is 0. The zero-order valence-corrected chi connectivity index (χ0v) is 10.8. The SMILES string of the molecule is CNC(C)(C)C(=O)C1CC(C)CC(C)C1. The van der Waals surface area contributed by atoms with E-state index in [9.17, 15) is 4.79 Å². The first-order chi connectivity index (χ1) is 6.86. The quantitative estimate of drug-likeness (QED) is 0.777. The number of hydrogen-bond acceptors (Lipinski definition) is 2. The molecule has 0 aromatic rings. The third kappa shape index (κ3) is 3.04. The molecule has 0 aliphatic heterocycles. The van der Waals surface area contributed by atoms with Crippen LogP contribution < -0.4 is 5.32 Å². The number of carbonyl (C=O) groups is 1. The molecule has 1 aliphatic carbocycles. The van der Waals surface area contributed by atoms with Crippen molar-refractivity contribution in [3.63, 3.8) is 0 Å². The highest BCUT2D eigenvalue weighted by molar-refractivity contribution is 5.89. The highest BCUT2D eigenvalue weighted by atomic mass is 16.1. The van der Waals surface area contributed by atoms with E-state index in [0.717, 1.165) is 12.8 Å². The molecule has 0 saturated heterocycles. The van der Waals surface area contributed by atoms with Crippen LogP contribution in [0.1, 0.15) is 47.0 Å². The van der Waals surface area contributed by atoms with E-state index in [1.807, 2.05) is 20.9 Å². The van der Waals surface area contributed by atoms with Crippen molar-refractivity contribution in [2.75, 3.05) is 7.05 Å². The first-order valence-corrected chi connectivity index (χ1v) is 6.10. The molecular formula is C13H25NO. The molecule has 0 heterocycles. The van der Waals surface area contributed by atoms with Gasteiger partial charge in [0.15, 0.2) is 5.78 Å². The molecule has 1 aliphatic rings. The fourth-order valence-electron chi connectivity index (χ4n) is 2.79. The summed E-state index contributed by atoms with van der Waals surface area (Å²) in [5, 5.41) is 3.12. The Hall–Kier alpha value is -0.370. The van der Waals surface area contributed by atoms with Crippen molar-refractivity contribution in [2.24, 2.45) is 17.8 Å². The van der Waals surface area contributed by atoms with Crippen LogP contribution in [0.4, 0.5) is 0 Å². The van der Waals surface area contributed by atoms with Crippen molar-refractivity contribution >= 4 is 5.78 Å². The second kappa shape index (κ2) is 4.65. The zero-order valence-electron chi connectivity index (χ0n) is 10.8. The van der Waals surface area contributed by atoms with Gasteiger partial charge in [0.05, 0.1) is 5.54 Å². The molecule has 2 atom stereocenters. The Bertz CT molecular complexity index is 225. The van der Waals surface area contributed by atoms with Crippen LogP contribution in [0, 0.1) is 17.8 Å². The van der Waals surface area contributed by atoms with Crippen molar-refractivity contribution in [2.45, 2.75) is 52.5 Å². The Morgan fingerprint density at radius 3 is 2.00 bits per heavy atom. The molecule has 0 aromatic carbocycles. The molecule has 0 aromatic heterocycles. The Kier molecular flexibility index (Phi) is 3.93. The van der Waals surface area contributed by atoms with Crippen LogP contribution in [0.25, 0.3) is 0 Å². The highest BCUT2D eigenvalue weighted by Crippen LogP contribution is 2.35. The van der Waals surface area contributed by atoms with E-state index in [4.69, 9.17) is 0 Å². The maximum absolute atomic E-state index is 12.3. The van der Waals surface area contributed by atoms with Gasteiger partial charge in [0.1, 0.15) is 0 Å². The average molecular weight is 211 g/mol. The first-order valence-electron chi connectivity index (χ1n) is 6.10. The molecule has 15 heavy (non-hydrogen) atoms. The third-order valence-corrected chi connectivity index (χ3v) is 3.79. The van der Waals surface area contributed by atoms with Crippen LogP contribution in [0.3, 0.4) is 0 Å². The minimum absolute atomic E-state index is 0.270. The molecule has 1 rings (SSSR count). The smallest absolute Gasteiger partial charge is 0.155 e. The summed E-state index contributed by atoms with van der Waals surface area (Å²) < 4.78 is 0. The summed E-state index contributed by atoms with van der Waals surface area (Å²) in [4.78, 5) is 12.3. The minimum atomic E-state index is -0.360. The topological polar surface area (TPSA) is 29.1 Å². The van der Waals surface area contributed by atoms with E-state index in [1.165, 1.54) is 6.42 Å². The second-order valence-electron chi connectivity index (χ2n) is 5.85. The molecule has 1 saturated carbocycles. The van der Waals surface area contributed by atoms with Gasteiger partial charge in [-0.05, 0) is 52.0 Å². The number of carbonyl (C=O) groups excluding carboxylic acids is 1. The van der Waals surface area contributed by atoms with Gasteiger partial charge < -0.3 is 5.32 Å². The van der Waals surface area contributed by atoms with Crippen LogP contribution in [0.5, 0.6) is 0 Å². The molecular weight excluding hydrogens is 186 g/mol. The van der Waals surface area contributed by atoms with Crippen LogP contribution in [0.15, 0.2) is 0 Å². The summed E-state index contributed by atoms with van der Waals surface area (Å²) in [7, 11) is 1.87. The lowest BCUT2D eigenvalue weighted by Crippen LogP contribution is -2.48. The third-order valence-electron chi connectivity index (χ3n) is 3.79. The van der Waals surface area contributed by atoms with Gasteiger partial charge in [-0.1, -0.05) is 13.8 Å². The van der Waals surface area contributed by atoms with E-state index in [2.05, 4.69) is 19.2 Å². The van der Waals surface area contributed by atoms with E-state index in [1.54, 1.807) is 0 Å². The van der Waals surface area contributed by atoms with Crippen molar-refractivity contribution in [3.8, 4) is 0 Å². The molecule has 1 N–H and O–H groups in total. The molecule has 0 radical (unpaired) electrons. The van der Waals surface area contributed by atoms with Crippen LogP contribution in [-0.4, -0.2) is 18.4 Å². The van der Waals surface area contributed by atoms with Crippen LogP contribution in [-0.2, 0) is 4.79 Å². The zero-order chi connectivity index (χ0) is 11.6. The molecule has 0 spiro atoms. The monoisotopic (exact) mass is 211 g/mol. The Balaban J connectivity index is 2.67. The predicted molar refractivity (Wildman–Crippen MR) is 63.8 cm³/mol. The number of rotatable bonds is 3. The van der Waals surface area contributed by atoms with Crippen molar-refractivity contribution < 1.29 is 4.79 Å². The van der Waals surface area contributed by atoms with Crippen molar-refractivity contribution in [1.29, 1.82) is 0 Å². The lowest BCUT2D eigenvalue weighted by molar-refractivity contribution is -0.130. The number of likely N-dealkylation sites (N-methyl/N-ethyl adjacent to an activating group) is 1. The predicted octanol–water partition coefficient (Wildman–Crippen LogP) is 2.63. The summed E-state index contributed by atoms with van der Waals surface area (Å²) in [5.74, 6) is 2.07. The Morgan fingerprint density at radius 1 is 1.13 bits per heavy atom. The van der Waals surface area contributed by atoms with Gasteiger partial charge in [-0.25, -0.2) is 0 Å².